The fourth-order valence-electron chi connectivity index (χ4n) is 6.26. The molecule has 4 atom stereocenters. The van der Waals surface area contributed by atoms with E-state index >= 15 is 0 Å². The zero-order chi connectivity index (χ0) is 21.5. The molecule has 0 aliphatic carbocycles. The number of carbonyl (C=O) groups excluding carboxylic acids is 4. The molecule has 2 aromatic carbocycles. The minimum Gasteiger partial charge on any atom is -0.324 e. The van der Waals surface area contributed by atoms with Gasteiger partial charge in [-0.2, -0.15) is 0 Å². The van der Waals surface area contributed by atoms with Crippen LogP contribution in [0, 0.1) is 11.8 Å². The van der Waals surface area contributed by atoms with Gasteiger partial charge in [-0.3, -0.25) is 24.1 Å². The Hall–Kier alpha value is -3.32. The maximum Gasteiger partial charge on any atom is 0.250 e. The quantitative estimate of drug-likeness (QED) is 0.601. The topological polar surface area (TPSA) is 86.8 Å². The standard InChI is InChI=1S/C24H21N3O4/c1-13(28)14-8-10-15(11-9-14)27-21(29)19-18-7-4-12-26(18)24(20(19)22(27)30)16-5-2-3-6-17(16)25-23(24)31/h2-3,5-6,8-11,18-20H,4,7,12H2,1H3,(H,25,31)/t18-,19+,20+,24-/m1/s1. The Bertz CT molecular complexity index is 1170. The van der Waals surface area contributed by atoms with Crippen molar-refractivity contribution in [2.24, 2.45) is 11.8 Å². The highest BCUT2D eigenvalue weighted by molar-refractivity contribution is 6.25. The normalized spacial score (nSPS) is 31.2. The maximum atomic E-state index is 13.8. The largest absolute Gasteiger partial charge is 0.324 e. The molecule has 7 heteroatoms. The number of para-hydroxylation sites is 1. The number of fused-ring (bicyclic) bond motifs is 7. The Morgan fingerprint density at radius 3 is 2.52 bits per heavy atom. The Labute approximate surface area is 179 Å². The number of anilines is 2. The van der Waals surface area contributed by atoms with Gasteiger partial charge in [-0.25, -0.2) is 4.90 Å². The molecule has 4 aliphatic rings. The predicted molar refractivity (Wildman–Crippen MR) is 112 cm³/mol. The average Bonchev–Trinajstić information content (AvgIpc) is 3.46. The summed E-state index contributed by atoms with van der Waals surface area (Å²) in [6, 6.07) is 13.9. The van der Waals surface area contributed by atoms with Crippen LogP contribution in [0.2, 0.25) is 0 Å². The summed E-state index contributed by atoms with van der Waals surface area (Å²) in [5.41, 5.74) is 1.31. The summed E-state index contributed by atoms with van der Waals surface area (Å²) in [7, 11) is 0. The fraction of sp³-hybridized carbons (Fsp3) is 0.333. The van der Waals surface area contributed by atoms with Crippen LogP contribution >= 0.6 is 0 Å². The van der Waals surface area contributed by atoms with Crippen molar-refractivity contribution in [2.75, 3.05) is 16.8 Å². The first-order valence-corrected chi connectivity index (χ1v) is 10.6. The molecule has 0 aromatic heterocycles. The first kappa shape index (κ1) is 18.4. The van der Waals surface area contributed by atoms with E-state index in [0.29, 0.717) is 23.5 Å². The molecule has 2 aromatic rings. The highest BCUT2D eigenvalue weighted by atomic mass is 16.2. The van der Waals surface area contributed by atoms with Gasteiger partial charge >= 0.3 is 0 Å². The van der Waals surface area contributed by atoms with Gasteiger partial charge in [0, 0.05) is 22.9 Å². The molecule has 6 rings (SSSR count). The summed E-state index contributed by atoms with van der Waals surface area (Å²) in [6.07, 6.45) is 1.67. The number of hydrogen-bond acceptors (Lipinski definition) is 5. The van der Waals surface area contributed by atoms with Crippen LogP contribution in [0.1, 0.15) is 35.7 Å². The Morgan fingerprint density at radius 2 is 1.77 bits per heavy atom. The van der Waals surface area contributed by atoms with Crippen LogP contribution in [-0.4, -0.2) is 41.0 Å². The molecule has 0 saturated carbocycles. The van der Waals surface area contributed by atoms with E-state index in [1.54, 1.807) is 24.3 Å². The summed E-state index contributed by atoms with van der Waals surface area (Å²) < 4.78 is 0. The molecule has 0 unspecified atom stereocenters. The van der Waals surface area contributed by atoms with Crippen LogP contribution in [0.3, 0.4) is 0 Å². The lowest BCUT2D eigenvalue weighted by atomic mass is 9.75. The average molecular weight is 415 g/mol. The van der Waals surface area contributed by atoms with Crippen molar-refractivity contribution in [3.63, 3.8) is 0 Å². The zero-order valence-corrected chi connectivity index (χ0v) is 17.0. The zero-order valence-electron chi connectivity index (χ0n) is 17.0. The summed E-state index contributed by atoms with van der Waals surface area (Å²) >= 11 is 0. The SMILES string of the molecule is CC(=O)c1ccc(N2C(=O)[C@H]3[C@H]4CCCN4[C@@]4(C(=O)Nc5ccccc54)[C@@H]3C2=O)cc1. The molecule has 3 amide bonds. The molecule has 4 heterocycles. The van der Waals surface area contributed by atoms with E-state index in [1.807, 2.05) is 24.3 Å². The van der Waals surface area contributed by atoms with Crippen molar-refractivity contribution in [1.29, 1.82) is 0 Å². The van der Waals surface area contributed by atoms with Gasteiger partial charge in [0.25, 0.3) is 0 Å². The Balaban J connectivity index is 1.50. The van der Waals surface area contributed by atoms with Gasteiger partial charge in [-0.1, -0.05) is 18.2 Å². The minimum atomic E-state index is -1.15. The molecular formula is C24H21N3O4. The molecule has 3 fully saturated rings. The number of rotatable bonds is 2. The van der Waals surface area contributed by atoms with Crippen LogP contribution in [0.4, 0.5) is 11.4 Å². The number of hydrogen-bond donors (Lipinski definition) is 1. The van der Waals surface area contributed by atoms with Gasteiger partial charge in [0.2, 0.25) is 17.7 Å². The number of benzene rings is 2. The fourth-order valence-corrected chi connectivity index (χ4v) is 6.26. The second-order valence-electron chi connectivity index (χ2n) is 8.79. The van der Waals surface area contributed by atoms with Crippen molar-refractivity contribution < 1.29 is 19.2 Å². The minimum absolute atomic E-state index is 0.0812. The highest BCUT2D eigenvalue weighted by Crippen LogP contribution is 2.60. The lowest BCUT2D eigenvalue weighted by Gasteiger charge is -2.36. The third-order valence-corrected chi connectivity index (χ3v) is 7.43. The Kier molecular flexibility index (Phi) is 3.63. The predicted octanol–water partition coefficient (Wildman–Crippen LogP) is 2.32. The van der Waals surface area contributed by atoms with Gasteiger partial charge in [-0.15, -0.1) is 0 Å². The molecule has 1 spiro atoms. The molecule has 1 N–H and O–H groups in total. The number of carbonyl (C=O) groups is 4. The van der Waals surface area contributed by atoms with Gasteiger partial charge in [0.15, 0.2) is 5.78 Å². The smallest absolute Gasteiger partial charge is 0.250 e. The van der Waals surface area contributed by atoms with Gasteiger partial charge < -0.3 is 5.32 Å². The number of nitrogens with one attached hydrogen (secondary N) is 1. The van der Waals surface area contributed by atoms with E-state index in [2.05, 4.69) is 10.2 Å². The van der Waals surface area contributed by atoms with Crippen LogP contribution in [0.5, 0.6) is 0 Å². The second-order valence-corrected chi connectivity index (χ2v) is 8.79. The van der Waals surface area contributed by atoms with E-state index in [0.717, 1.165) is 18.4 Å². The third-order valence-electron chi connectivity index (χ3n) is 7.43. The summed E-state index contributed by atoms with van der Waals surface area (Å²) in [6.45, 7) is 2.16. The number of nitrogens with zero attached hydrogens (tertiary/aromatic N) is 2. The van der Waals surface area contributed by atoms with E-state index in [9.17, 15) is 19.2 Å². The van der Waals surface area contributed by atoms with Crippen molar-refractivity contribution in [2.45, 2.75) is 31.3 Å². The summed E-state index contributed by atoms with van der Waals surface area (Å²) in [5.74, 6) is -2.21. The van der Waals surface area contributed by atoms with Crippen LogP contribution in [-0.2, 0) is 19.9 Å². The van der Waals surface area contributed by atoms with Crippen molar-refractivity contribution in [3.8, 4) is 0 Å². The maximum absolute atomic E-state index is 13.8. The molecule has 0 radical (unpaired) electrons. The van der Waals surface area contributed by atoms with Crippen LogP contribution in [0.15, 0.2) is 48.5 Å². The monoisotopic (exact) mass is 415 g/mol. The molecule has 7 nitrogen and oxygen atoms in total. The van der Waals surface area contributed by atoms with Gasteiger partial charge in [0.1, 0.15) is 5.54 Å². The first-order chi connectivity index (χ1) is 15.0. The van der Waals surface area contributed by atoms with Crippen LogP contribution in [0.25, 0.3) is 0 Å². The van der Waals surface area contributed by atoms with E-state index < -0.39 is 17.4 Å². The Morgan fingerprint density at radius 1 is 1.03 bits per heavy atom. The van der Waals surface area contributed by atoms with Crippen molar-refractivity contribution in [1.82, 2.24) is 4.90 Å². The van der Waals surface area contributed by atoms with Gasteiger partial charge in [0.05, 0.1) is 17.5 Å². The number of ketones is 1. The van der Waals surface area contributed by atoms with Gasteiger partial charge in [-0.05, 0) is 56.6 Å². The molecule has 4 aliphatic heterocycles. The molecule has 3 saturated heterocycles. The molecule has 156 valence electrons. The first-order valence-electron chi connectivity index (χ1n) is 10.6. The number of imide groups is 1. The molecule has 31 heavy (non-hydrogen) atoms. The summed E-state index contributed by atoms with van der Waals surface area (Å²) in [5, 5.41) is 2.97. The lowest BCUT2D eigenvalue weighted by molar-refractivity contribution is -0.135. The highest BCUT2D eigenvalue weighted by Gasteiger charge is 2.74. The molecule has 0 bridgehead atoms. The number of amides is 3. The second kappa shape index (κ2) is 6.11. The lowest BCUT2D eigenvalue weighted by Crippen LogP contribution is -2.54. The van der Waals surface area contributed by atoms with E-state index in [-0.39, 0.29) is 29.5 Å². The van der Waals surface area contributed by atoms with Crippen LogP contribution < -0.4 is 10.2 Å². The van der Waals surface area contributed by atoms with E-state index in [4.69, 9.17) is 0 Å². The third kappa shape index (κ3) is 2.11. The van der Waals surface area contributed by atoms with Crippen molar-refractivity contribution >= 4 is 34.9 Å². The summed E-state index contributed by atoms with van der Waals surface area (Å²) in [4.78, 5) is 55.8. The molecular weight excluding hydrogens is 394 g/mol. The van der Waals surface area contributed by atoms with E-state index in [1.165, 1.54) is 11.8 Å². The van der Waals surface area contributed by atoms with Crippen molar-refractivity contribution in [3.05, 3.63) is 59.7 Å². The number of Topliss-reactive ketones (excluding diaryl/α,β-unsaturated/α-hetero) is 1.